The Balaban J connectivity index is 2.29. The minimum Gasteiger partial charge on any atom is -0.508 e. The number of phenolic OH excluding ortho intramolecular Hbond substituents is 1. The number of aliphatic hydroxyl groups is 1. The predicted octanol–water partition coefficient (Wildman–Crippen LogP) is 2.48. The fraction of sp³-hybridized carbons (Fsp3) is 0.0714. The number of hydrogen-bond acceptors (Lipinski definition) is 3. The molecule has 0 saturated heterocycles. The molecule has 0 aliphatic carbocycles. The Morgan fingerprint density at radius 2 is 1.90 bits per heavy atom. The van der Waals surface area contributed by atoms with Crippen LogP contribution in [0.3, 0.4) is 0 Å². The van der Waals surface area contributed by atoms with Crippen LogP contribution < -0.4 is 5.32 Å². The third-order valence-electron chi connectivity index (χ3n) is 3.30. The van der Waals surface area contributed by atoms with Crippen molar-refractivity contribution in [1.29, 1.82) is 0 Å². The standard InChI is InChI=1S/C14H9BrFNO3/c15-7-1-4-12(18)10(5-7)14(20)9-6-8(16)2-3-11(9)17-13(14)19/h1-6,18,20H,(H,17,19)/t14-/m0/s1. The van der Waals surface area contributed by atoms with Gasteiger partial charge < -0.3 is 15.5 Å². The molecule has 0 unspecified atom stereocenters. The molecule has 0 aromatic heterocycles. The Morgan fingerprint density at radius 1 is 1.15 bits per heavy atom. The maximum Gasteiger partial charge on any atom is 0.266 e. The van der Waals surface area contributed by atoms with E-state index in [0.29, 0.717) is 10.2 Å². The molecule has 4 nitrogen and oxygen atoms in total. The highest BCUT2D eigenvalue weighted by molar-refractivity contribution is 9.10. The summed E-state index contributed by atoms with van der Waals surface area (Å²) in [6.07, 6.45) is 0. The Bertz CT molecular complexity index is 734. The number of anilines is 1. The smallest absolute Gasteiger partial charge is 0.266 e. The highest BCUT2D eigenvalue weighted by atomic mass is 79.9. The zero-order valence-electron chi connectivity index (χ0n) is 10.0. The minimum atomic E-state index is -2.12. The summed E-state index contributed by atoms with van der Waals surface area (Å²) in [4.78, 5) is 12.1. The number of carbonyl (C=O) groups excluding carboxylic acids is 1. The van der Waals surface area contributed by atoms with Gasteiger partial charge in [-0.05, 0) is 36.4 Å². The van der Waals surface area contributed by atoms with E-state index in [-0.39, 0.29) is 16.9 Å². The number of aromatic hydroxyl groups is 1. The molecular weight excluding hydrogens is 329 g/mol. The van der Waals surface area contributed by atoms with Crippen molar-refractivity contribution in [3.05, 3.63) is 57.8 Å². The van der Waals surface area contributed by atoms with Crippen molar-refractivity contribution >= 4 is 27.5 Å². The molecule has 2 aromatic rings. The lowest BCUT2D eigenvalue weighted by atomic mass is 9.87. The number of benzene rings is 2. The summed E-state index contributed by atoms with van der Waals surface area (Å²) in [6, 6.07) is 7.98. The van der Waals surface area contributed by atoms with Gasteiger partial charge >= 0.3 is 0 Å². The lowest BCUT2D eigenvalue weighted by Gasteiger charge is -2.22. The van der Waals surface area contributed by atoms with E-state index in [4.69, 9.17) is 0 Å². The second-order valence-electron chi connectivity index (χ2n) is 4.52. The van der Waals surface area contributed by atoms with Crippen LogP contribution in [0, 0.1) is 5.82 Å². The fourth-order valence-electron chi connectivity index (χ4n) is 2.33. The summed E-state index contributed by atoms with van der Waals surface area (Å²) in [7, 11) is 0. The summed E-state index contributed by atoms with van der Waals surface area (Å²) >= 11 is 3.21. The van der Waals surface area contributed by atoms with E-state index in [0.717, 1.165) is 6.07 Å². The number of rotatable bonds is 1. The van der Waals surface area contributed by atoms with Crippen LogP contribution in [0.1, 0.15) is 11.1 Å². The predicted molar refractivity (Wildman–Crippen MR) is 73.8 cm³/mol. The molecule has 20 heavy (non-hydrogen) atoms. The maximum atomic E-state index is 13.4. The molecule has 1 aliphatic heterocycles. The molecule has 1 aliphatic rings. The molecule has 102 valence electrons. The van der Waals surface area contributed by atoms with E-state index in [1.54, 1.807) is 6.07 Å². The van der Waals surface area contributed by atoms with Crippen LogP contribution in [-0.4, -0.2) is 16.1 Å². The lowest BCUT2D eigenvalue weighted by molar-refractivity contribution is -0.129. The second kappa shape index (κ2) is 4.29. The minimum absolute atomic E-state index is 0.00581. The maximum absolute atomic E-state index is 13.4. The molecule has 1 atom stereocenters. The highest BCUT2D eigenvalue weighted by Crippen LogP contribution is 2.44. The molecule has 0 saturated carbocycles. The van der Waals surface area contributed by atoms with Crippen LogP contribution >= 0.6 is 15.9 Å². The third-order valence-corrected chi connectivity index (χ3v) is 3.79. The lowest BCUT2D eigenvalue weighted by Crippen LogP contribution is -2.35. The van der Waals surface area contributed by atoms with E-state index in [1.165, 1.54) is 24.3 Å². The van der Waals surface area contributed by atoms with Crippen LogP contribution in [0.5, 0.6) is 5.75 Å². The summed E-state index contributed by atoms with van der Waals surface area (Å²) in [6.45, 7) is 0. The number of halogens is 2. The van der Waals surface area contributed by atoms with E-state index >= 15 is 0 Å². The first-order chi connectivity index (χ1) is 9.42. The van der Waals surface area contributed by atoms with E-state index in [9.17, 15) is 19.4 Å². The number of phenols is 1. The van der Waals surface area contributed by atoms with Gasteiger partial charge in [0, 0.05) is 21.3 Å². The van der Waals surface area contributed by atoms with Crippen molar-refractivity contribution < 1.29 is 19.4 Å². The van der Waals surface area contributed by atoms with Crippen molar-refractivity contribution in [2.45, 2.75) is 5.60 Å². The van der Waals surface area contributed by atoms with E-state index < -0.39 is 17.3 Å². The van der Waals surface area contributed by atoms with Gasteiger partial charge in [0.15, 0.2) is 5.60 Å². The van der Waals surface area contributed by atoms with Gasteiger partial charge in [-0.2, -0.15) is 0 Å². The highest BCUT2D eigenvalue weighted by Gasteiger charge is 2.48. The summed E-state index contributed by atoms with van der Waals surface area (Å²) < 4.78 is 14.0. The van der Waals surface area contributed by atoms with Crippen molar-refractivity contribution in [3.8, 4) is 5.75 Å². The van der Waals surface area contributed by atoms with Crippen molar-refractivity contribution in [1.82, 2.24) is 0 Å². The van der Waals surface area contributed by atoms with Gasteiger partial charge in [0.1, 0.15) is 11.6 Å². The molecule has 0 spiro atoms. The first-order valence-corrected chi connectivity index (χ1v) is 6.55. The number of nitrogens with one attached hydrogen (secondary N) is 1. The first kappa shape index (κ1) is 13.1. The fourth-order valence-corrected chi connectivity index (χ4v) is 2.69. The second-order valence-corrected chi connectivity index (χ2v) is 5.43. The average molecular weight is 338 g/mol. The quantitative estimate of drug-likeness (QED) is 0.748. The number of amides is 1. The average Bonchev–Trinajstić information content (AvgIpc) is 2.66. The van der Waals surface area contributed by atoms with Crippen molar-refractivity contribution in [2.75, 3.05) is 5.32 Å². The third kappa shape index (κ3) is 1.72. The van der Waals surface area contributed by atoms with Crippen molar-refractivity contribution in [3.63, 3.8) is 0 Å². The normalized spacial score (nSPS) is 20.6. The molecule has 1 heterocycles. The molecule has 1 amide bonds. The number of carbonyl (C=O) groups is 1. The molecule has 3 N–H and O–H groups in total. The molecular formula is C14H9BrFNO3. The van der Waals surface area contributed by atoms with Gasteiger partial charge in [-0.25, -0.2) is 4.39 Å². The Labute approximate surface area is 122 Å². The topological polar surface area (TPSA) is 69.6 Å². The SMILES string of the molecule is O=C1Nc2ccc(F)cc2[C@]1(O)c1cc(Br)ccc1O. The molecule has 2 aromatic carbocycles. The zero-order chi connectivity index (χ0) is 14.5. The summed E-state index contributed by atoms with van der Waals surface area (Å²) in [5.74, 6) is -1.55. The summed E-state index contributed by atoms with van der Waals surface area (Å²) in [5, 5.41) is 23.2. The Morgan fingerprint density at radius 3 is 2.65 bits per heavy atom. The van der Waals surface area contributed by atoms with E-state index in [1.807, 2.05) is 0 Å². The molecule has 0 fully saturated rings. The zero-order valence-corrected chi connectivity index (χ0v) is 11.6. The molecule has 3 rings (SSSR count). The van der Waals surface area contributed by atoms with Crippen molar-refractivity contribution in [2.24, 2.45) is 0 Å². The van der Waals surface area contributed by atoms with Gasteiger partial charge in [0.05, 0.1) is 0 Å². The number of hydrogen-bond donors (Lipinski definition) is 3. The summed E-state index contributed by atoms with van der Waals surface area (Å²) in [5.41, 5.74) is -1.73. The van der Waals surface area contributed by atoms with Gasteiger partial charge in [-0.3, -0.25) is 4.79 Å². The van der Waals surface area contributed by atoms with Crippen LogP contribution in [0.4, 0.5) is 10.1 Å². The number of fused-ring (bicyclic) bond motifs is 1. The van der Waals surface area contributed by atoms with Gasteiger partial charge in [0.25, 0.3) is 5.91 Å². The molecule has 6 heteroatoms. The van der Waals surface area contributed by atoms with Gasteiger partial charge in [-0.1, -0.05) is 15.9 Å². The van der Waals surface area contributed by atoms with Crippen LogP contribution in [0.2, 0.25) is 0 Å². The first-order valence-electron chi connectivity index (χ1n) is 5.76. The molecule has 0 bridgehead atoms. The van der Waals surface area contributed by atoms with E-state index in [2.05, 4.69) is 21.2 Å². The van der Waals surface area contributed by atoms with Crippen LogP contribution in [0.25, 0.3) is 0 Å². The monoisotopic (exact) mass is 337 g/mol. The Hall–Kier alpha value is -1.92. The molecule has 0 radical (unpaired) electrons. The largest absolute Gasteiger partial charge is 0.508 e. The Kier molecular flexibility index (Phi) is 2.81. The van der Waals surface area contributed by atoms with Gasteiger partial charge in [0.2, 0.25) is 0 Å². The van der Waals surface area contributed by atoms with Crippen LogP contribution in [0.15, 0.2) is 40.9 Å². The van der Waals surface area contributed by atoms with Gasteiger partial charge in [-0.15, -0.1) is 0 Å². The van der Waals surface area contributed by atoms with Crippen LogP contribution in [-0.2, 0) is 10.4 Å².